The highest BCUT2D eigenvalue weighted by Gasteiger charge is 2.04. The van der Waals surface area contributed by atoms with Gasteiger partial charge in [-0.15, -0.1) is 0 Å². The van der Waals surface area contributed by atoms with Gasteiger partial charge in [-0.2, -0.15) is 0 Å². The van der Waals surface area contributed by atoms with E-state index in [2.05, 4.69) is 27.3 Å². The molecule has 7 heteroatoms. The summed E-state index contributed by atoms with van der Waals surface area (Å²) < 4.78 is 24.8. The van der Waals surface area contributed by atoms with Gasteiger partial charge < -0.3 is 10.6 Å². The zero-order chi connectivity index (χ0) is 13.1. The summed E-state index contributed by atoms with van der Waals surface area (Å²) in [7, 11) is -3.10. The predicted octanol–water partition coefficient (Wildman–Crippen LogP) is -0.109. The van der Waals surface area contributed by atoms with Crippen LogP contribution in [0.15, 0.2) is 4.99 Å². The van der Waals surface area contributed by atoms with E-state index in [0.717, 1.165) is 25.5 Å². The van der Waals surface area contributed by atoms with Gasteiger partial charge in [0.25, 0.3) is 0 Å². The van der Waals surface area contributed by atoms with Gasteiger partial charge in [-0.3, -0.25) is 4.99 Å². The summed E-state index contributed by atoms with van der Waals surface area (Å²) >= 11 is 0. The average molecular weight is 264 g/mol. The monoisotopic (exact) mass is 264 g/mol. The third kappa shape index (κ3) is 8.93. The standard InChI is InChI=1S/C10H24N4O2S/c1-4-7-12-10(11-5-2)13-8-9-14-17(15,16)6-3/h14H,4-9H2,1-3H3,(H2,11,12,13). The maximum absolute atomic E-state index is 11.2. The molecule has 0 saturated heterocycles. The summed E-state index contributed by atoms with van der Waals surface area (Å²) in [5.41, 5.74) is 0. The van der Waals surface area contributed by atoms with E-state index in [0.29, 0.717) is 13.1 Å². The van der Waals surface area contributed by atoms with Gasteiger partial charge in [0.2, 0.25) is 10.0 Å². The molecule has 0 fully saturated rings. The minimum absolute atomic E-state index is 0.108. The van der Waals surface area contributed by atoms with Gasteiger partial charge in [0, 0.05) is 26.2 Å². The van der Waals surface area contributed by atoms with Gasteiger partial charge in [-0.25, -0.2) is 13.1 Å². The molecule has 0 atom stereocenters. The van der Waals surface area contributed by atoms with Crippen molar-refractivity contribution < 1.29 is 8.42 Å². The van der Waals surface area contributed by atoms with Gasteiger partial charge in [-0.05, 0) is 20.3 Å². The molecule has 0 spiro atoms. The van der Waals surface area contributed by atoms with Crippen molar-refractivity contribution in [3.8, 4) is 0 Å². The van der Waals surface area contributed by atoms with Gasteiger partial charge in [0.1, 0.15) is 0 Å². The molecule has 0 aromatic rings. The highest BCUT2D eigenvalue weighted by molar-refractivity contribution is 7.89. The summed E-state index contributed by atoms with van der Waals surface area (Å²) in [6.07, 6.45) is 0.985. The van der Waals surface area contributed by atoms with Crippen molar-refractivity contribution in [1.29, 1.82) is 0 Å². The largest absolute Gasteiger partial charge is 0.357 e. The zero-order valence-electron chi connectivity index (χ0n) is 10.9. The molecular weight excluding hydrogens is 240 g/mol. The van der Waals surface area contributed by atoms with Gasteiger partial charge >= 0.3 is 0 Å². The average Bonchev–Trinajstić information content (AvgIpc) is 2.31. The zero-order valence-corrected chi connectivity index (χ0v) is 11.7. The van der Waals surface area contributed by atoms with Crippen LogP contribution in [-0.2, 0) is 10.0 Å². The van der Waals surface area contributed by atoms with Crippen molar-refractivity contribution in [2.45, 2.75) is 27.2 Å². The fourth-order valence-electron chi connectivity index (χ4n) is 1.05. The molecule has 102 valence electrons. The van der Waals surface area contributed by atoms with Crippen molar-refractivity contribution in [2.24, 2.45) is 4.99 Å². The number of hydrogen-bond acceptors (Lipinski definition) is 3. The van der Waals surface area contributed by atoms with E-state index in [9.17, 15) is 8.42 Å². The minimum Gasteiger partial charge on any atom is -0.357 e. The molecule has 0 saturated carbocycles. The highest BCUT2D eigenvalue weighted by atomic mass is 32.2. The number of nitrogens with one attached hydrogen (secondary N) is 3. The number of hydrogen-bond donors (Lipinski definition) is 3. The normalized spacial score (nSPS) is 12.5. The Bertz CT molecular complexity index is 314. The Balaban J connectivity index is 3.90. The predicted molar refractivity (Wildman–Crippen MR) is 71.7 cm³/mol. The van der Waals surface area contributed by atoms with Crippen LogP contribution in [-0.4, -0.2) is 46.3 Å². The van der Waals surface area contributed by atoms with Crippen molar-refractivity contribution in [3.63, 3.8) is 0 Å². The summed E-state index contributed by atoms with van der Waals surface area (Å²) in [4.78, 5) is 4.30. The lowest BCUT2D eigenvalue weighted by Crippen LogP contribution is -2.41. The molecule has 0 amide bonds. The van der Waals surface area contributed by atoms with Crippen LogP contribution in [0.25, 0.3) is 0 Å². The molecule has 0 unspecified atom stereocenters. The number of sulfonamides is 1. The van der Waals surface area contributed by atoms with Gasteiger partial charge in [-0.1, -0.05) is 6.92 Å². The first kappa shape index (κ1) is 16.2. The first-order valence-corrected chi connectivity index (χ1v) is 7.70. The van der Waals surface area contributed by atoms with Gasteiger partial charge in [0.15, 0.2) is 5.96 Å². The molecule has 0 bridgehead atoms. The van der Waals surface area contributed by atoms with Crippen LogP contribution in [0.1, 0.15) is 27.2 Å². The SMILES string of the molecule is CCCN=C(NCC)NCCNS(=O)(=O)CC. The van der Waals surface area contributed by atoms with Crippen molar-refractivity contribution in [2.75, 3.05) is 31.9 Å². The smallest absolute Gasteiger partial charge is 0.211 e. The molecule has 0 aliphatic carbocycles. The second-order valence-corrected chi connectivity index (χ2v) is 5.58. The lowest BCUT2D eigenvalue weighted by atomic mass is 10.5. The fraction of sp³-hybridized carbons (Fsp3) is 0.900. The summed E-state index contributed by atoms with van der Waals surface area (Å²) in [5, 5.41) is 6.15. The third-order valence-electron chi connectivity index (χ3n) is 1.96. The van der Waals surface area contributed by atoms with Crippen molar-refractivity contribution >= 4 is 16.0 Å². The van der Waals surface area contributed by atoms with E-state index < -0.39 is 10.0 Å². The van der Waals surface area contributed by atoms with Crippen molar-refractivity contribution in [1.82, 2.24) is 15.4 Å². The quantitative estimate of drug-likeness (QED) is 0.324. The highest BCUT2D eigenvalue weighted by Crippen LogP contribution is 1.81. The maximum atomic E-state index is 11.2. The molecule has 17 heavy (non-hydrogen) atoms. The van der Waals surface area contributed by atoms with Crippen LogP contribution < -0.4 is 15.4 Å². The number of aliphatic imine (C=N–C) groups is 1. The minimum atomic E-state index is -3.10. The Morgan fingerprint density at radius 1 is 1.12 bits per heavy atom. The Morgan fingerprint density at radius 3 is 2.35 bits per heavy atom. The molecule has 0 aromatic carbocycles. The van der Waals surface area contributed by atoms with Crippen LogP contribution in [0.3, 0.4) is 0 Å². The van der Waals surface area contributed by atoms with Crippen LogP contribution in [0.4, 0.5) is 0 Å². The number of nitrogens with zero attached hydrogens (tertiary/aromatic N) is 1. The number of rotatable bonds is 8. The Labute approximate surface area is 104 Å². The topological polar surface area (TPSA) is 82.6 Å². The molecule has 0 radical (unpaired) electrons. The summed E-state index contributed by atoms with van der Waals surface area (Å²) in [6.45, 7) is 8.10. The van der Waals surface area contributed by atoms with Crippen LogP contribution in [0, 0.1) is 0 Å². The second kappa shape index (κ2) is 9.23. The Hall–Kier alpha value is -0.820. The fourth-order valence-corrected chi connectivity index (χ4v) is 1.67. The van der Waals surface area contributed by atoms with E-state index >= 15 is 0 Å². The van der Waals surface area contributed by atoms with E-state index in [1.807, 2.05) is 6.92 Å². The van der Waals surface area contributed by atoms with E-state index in [1.54, 1.807) is 6.92 Å². The molecule has 0 heterocycles. The number of guanidine groups is 1. The summed E-state index contributed by atoms with van der Waals surface area (Å²) in [6, 6.07) is 0. The molecule has 0 rings (SSSR count). The van der Waals surface area contributed by atoms with Gasteiger partial charge in [0.05, 0.1) is 5.75 Å². The molecule has 0 aliphatic rings. The van der Waals surface area contributed by atoms with Crippen molar-refractivity contribution in [3.05, 3.63) is 0 Å². The Kier molecular flexibility index (Phi) is 8.79. The Morgan fingerprint density at radius 2 is 1.82 bits per heavy atom. The van der Waals surface area contributed by atoms with Crippen LogP contribution in [0.2, 0.25) is 0 Å². The first-order valence-electron chi connectivity index (χ1n) is 6.05. The molecule has 0 aliphatic heterocycles. The van der Waals surface area contributed by atoms with E-state index in [-0.39, 0.29) is 5.75 Å². The first-order chi connectivity index (χ1) is 8.05. The molecular formula is C10H24N4O2S. The molecule has 0 aromatic heterocycles. The van der Waals surface area contributed by atoms with Crippen LogP contribution in [0.5, 0.6) is 0 Å². The maximum Gasteiger partial charge on any atom is 0.211 e. The third-order valence-corrected chi connectivity index (χ3v) is 3.36. The van der Waals surface area contributed by atoms with E-state index in [4.69, 9.17) is 0 Å². The molecule has 3 N–H and O–H groups in total. The van der Waals surface area contributed by atoms with E-state index in [1.165, 1.54) is 0 Å². The second-order valence-electron chi connectivity index (χ2n) is 3.49. The lowest BCUT2D eigenvalue weighted by molar-refractivity contribution is 0.582. The molecule has 6 nitrogen and oxygen atoms in total. The van der Waals surface area contributed by atoms with Crippen LogP contribution >= 0.6 is 0 Å². The lowest BCUT2D eigenvalue weighted by Gasteiger charge is -2.11. The summed E-state index contributed by atoms with van der Waals surface area (Å²) in [5.74, 6) is 0.835.